The van der Waals surface area contributed by atoms with Gasteiger partial charge in [-0.25, -0.2) is 0 Å². The second-order valence-electron chi connectivity index (χ2n) is 7.79. The highest BCUT2D eigenvalue weighted by Gasteiger charge is 2.23. The molecule has 2 amide bonds. The molecule has 0 unspecified atom stereocenters. The molecule has 0 spiro atoms. The van der Waals surface area contributed by atoms with Gasteiger partial charge in [-0.15, -0.1) is 0 Å². The number of nitrogens with zero attached hydrogens (tertiary/aromatic N) is 1. The summed E-state index contributed by atoms with van der Waals surface area (Å²) in [6.07, 6.45) is 6.06. The van der Waals surface area contributed by atoms with E-state index in [1.807, 2.05) is 31.3 Å². The molecule has 3 rings (SSSR count). The largest absolute Gasteiger partial charge is 0.349 e. The molecule has 148 valence electrons. The van der Waals surface area contributed by atoms with Gasteiger partial charge in [-0.3, -0.25) is 9.59 Å². The minimum Gasteiger partial charge on any atom is -0.349 e. The molecule has 1 aliphatic carbocycles. The number of likely N-dealkylation sites (N-methyl/N-ethyl adjacent to an activating group) is 1. The molecule has 28 heavy (non-hydrogen) atoms. The molecule has 1 saturated carbocycles. The summed E-state index contributed by atoms with van der Waals surface area (Å²) in [5.74, 6) is 0.0812. The number of aryl methyl sites for hydroxylation is 1. The summed E-state index contributed by atoms with van der Waals surface area (Å²) in [5, 5.41) is 2.99. The van der Waals surface area contributed by atoms with Crippen LogP contribution in [0.15, 0.2) is 48.5 Å². The molecule has 0 saturated heterocycles. The standard InChI is InChI=1S/C24H30N2O2/c1-3-4-5-18-6-8-19(9-7-18)16-23(27)26(2)17-20-10-12-21(13-11-20)24(28)25-22-14-15-22/h6-13,22H,3-5,14-17H2,1-2H3,(H,25,28). The maximum absolute atomic E-state index is 12.5. The van der Waals surface area contributed by atoms with Gasteiger partial charge >= 0.3 is 0 Å². The highest BCUT2D eigenvalue weighted by atomic mass is 16.2. The van der Waals surface area contributed by atoms with Crippen molar-refractivity contribution in [2.24, 2.45) is 0 Å². The van der Waals surface area contributed by atoms with Crippen molar-refractivity contribution in [3.05, 3.63) is 70.8 Å². The van der Waals surface area contributed by atoms with E-state index in [0.29, 0.717) is 24.6 Å². The summed E-state index contributed by atoms with van der Waals surface area (Å²) >= 11 is 0. The molecule has 1 N–H and O–H groups in total. The number of benzene rings is 2. The van der Waals surface area contributed by atoms with E-state index in [1.54, 1.807) is 4.90 Å². The van der Waals surface area contributed by atoms with E-state index in [2.05, 4.69) is 36.5 Å². The minimum absolute atomic E-state index is 0.0131. The maximum Gasteiger partial charge on any atom is 0.251 e. The highest BCUT2D eigenvalue weighted by molar-refractivity contribution is 5.94. The Morgan fingerprint density at radius 1 is 0.964 bits per heavy atom. The lowest BCUT2D eigenvalue weighted by Gasteiger charge is -2.18. The van der Waals surface area contributed by atoms with Gasteiger partial charge in [-0.2, -0.15) is 0 Å². The van der Waals surface area contributed by atoms with Crippen molar-refractivity contribution in [2.45, 2.75) is 58.0 Å². The summed E-state index contributed by atoms with van der Waals surface area (Å²) in [4.78, 5) is 26.3. The Morgan fingerprint density at radius 3 is 2.18 bits per heavy atom. The Morgan fingerprint density at radius 2 is 1.57 bits per heavy atom. The summed E-state index contributed by atoms with van der Waals surface area (Å²) in [7, 11) is 1.83. The third-order valence-electron chi connectivity index (χ3n) is 5.17. The molecular weight excluding hydrogens is 348 g/mol. The lowest BCUT2D eigenvalue weighted by molar-refractivity contribution is -0.129. The van der Waals surface area contributed by atoms with Crippen molar-refractivity contribution >= 4 is 11.8 Å². The number of amides is 2. The minimum atomic E-state index is -0.0131. The molecule has 2 aromatic carbocycles. The van der Waals surface area contributed by atoms with Gasteiger partial charge in [-0.05, 0) is 54.5 Å². The average Bonchev–Trinajstić information content (AvgIpc) is 3.52. The van der Waals surface area contributed by atoms with Crippen molar-refractivity contribution in [3.8, 4) is 0 Å². The quantitative estimate of drug-likeness (QED) is 0.713. The van der Waals surface area contributed by atoms with Gasteiger partial charge in [0.1, 0.15) is 0 Å². The van der Waals surface area contributed by atoms with Crippen LogP contribution in [-0.4, -0.2) is 29.8 Å². The van der Waals surface area contributed by atoms with E-state index >= 15 is 0 Å². The van der Waals surface area contributed by atoms with Crippen LogP contribution in [0.1, 0.15) is 59.7 Å². The summed E-state index contributed by atoms with van der Waals surface area (Å²) in [6.45, 7) is 2.73. The molecule has 0 heterocycles. The topological polar surface area (TPSA) is 49.4 Å². The van der Waals surface area contributed by atoms with Crippen LogP contribution in [0.2, 0.25) is 0 Å². The molecule has 0 bridgehead atoms. The molecule has 4 nitrogen and oxygen atoms in total. The fraction of sp³-hybridized carbons (Fsp3) is 0.417. The summed E-state index contributed by atoms with van der Waals surface area (Å²) in [6, 6.07) is 16.3. The predicted octanol–water partition coefficient (Wildman–Crippen LogP) is 4.12. The number of nitrogens with one attached hydrogen (secondary N) is 1. The maximum atomic E-state index is 12.5. The van der Waals surface area contributed by atoms with Crippen molar-refractivity contribution in [3.63, 3.8) is 0 Å². The van der Waals surface area contributed by atoms with E-state index < -0.39 is 0 Å². The van der Waals surface area contributed by atoms with Gasteiger partial charge in [0.05, 0.1) is 6.42 Å². The third-order valence-corrected chi connectivity index (χ3v) is 5.17. The van der Waals surface area contributed by atoms with Gasteiger partial charge in [-0.1, -0.05) is 49.7 Å². The average molecular weight is 379 g/mol. The van der Waals surface area contributed by atoms with E-state index in [0.717, 1.165) is 30.4 Å². The van der Waals surface area contributed by atoms with Crippen LogP contribution >= 0.6 is 0 Å². The van der Waals surface area contributed by atoms with E-state index in [-0.39, 0.29) is 11.8 Å². The van der Waals surface area contributed by atoms with Crippen LogP contribution in [0, 0.1) is 0 Å². The lowest BCUT2D eigenvalue weighted by Crippen LogP contribution is -2.28. The Hall–Kier alpha value is -2.62. The van der Waals surface area contributed by atoms with Gasteiger partial charge in [0.25, 0.3) is 5.91 Å². The lowest BCUT2D eigenvalue weighted by atomic mass is 10.0. The Bertz CT molecular complexity index is 792. The van der Waals surface area contributed by atoms with Crippen LogP contribution in [0.5, 0.6) is 0 Å². The SMILES string of the molecule is CCCCc1ccc(CC(=O)N(C)Cc2ccc(C(=O)NC3CC3)cc2)cc1. The first-order valence-corrected chi connectivity index (χ1v) is 10.3. The number of rotatable bonds is 9. The van der Waals surface area contributed by atoms with Gasteiger partial charge in [0.15, 0.2) is 0 Å². The molecule has 0 radical (unpaired) electrons. The van der Waals surface area contributed by atoms with Crippen molar-refractivity contribution < 1.29 is 9.59 Å². The molecule has 1 fully saturated rings. The zero-order valence-corrected chi connectivity index (χ0v) is 16.9. The van der Waals surface area contributed by atoms with Crippen LogP contribution in [0.4, 0.5) is 0 Å². The normalized spacial score (nSPS) is 13.2. The Labute approximate surface area is 167 Å². The van der Waals surface area contributed by atoms with Crippen LogP contribution in [0.3, 0.4) is 0 Å². The van der Waals surface area contributed by atoms with E-state index in [1.165, 1.54) is 18.4 Å². The summed E-state index contributed by atoms with van der Waals surface area (Å²) < 4.78 is 0. The molecule has 0 aliphatic heterocycles. The second kappa shape index (κ2) is 9.54. The zero-order valence-electron chi connectivity index (χ0n) is 16.9. The Kier molecular flexibility index (Phi) is 6.85. The smallest absolute Gasteiger partial charge is 0.251 e. The molecular formula is C24H30N2O2. The Balaban J connectivity index is 1.49. The highest BCUT2D eigenvalue weighted by Crippen LogP contribution is 2.19. The number of carbonyl (C=O) groups is 2. The van der Waals surface area contributed by atoms with Crippen LogP contribution in [-0.2, 0) is 24.2 Å². The van der Waals surface area contributed by atoms with Crippen molar-refractivity contribution in [2.75, 3.05) is 7.05 Å². The first kappa shape index (κ1) is 20.1. The number of carbonyl (C=O) groups excluding carboxylic acids is 2. The molecule has 1 aliphatic rings. The fourth-order valence-electron chi connectivity index (χ4n) is 3.13. The zero-order chi connectivity index (χ0) is 19.9. The number of hydrogen-bond donors (Lipinski definition) is 1. The number of unbranched alkanes of at least 4 members (excludes halogenated alkanes) is 1. The van der Waals surface area contributed by atoms with E-state index in [9.17, 15) is 9.59 Å². The van der Waals surface area contributed by atoms with Crippen LogP contribution in [0.25, 0.3) is 0 Å². The third kappa shape index (κ3) is 5.95. The fourth-order valence-corrected chi connectivity index (χ4v) is 3.13. The van der Waals surface area contributed by atoms with Crippen molar-refractivity contribution in [1.82, 2.24) is 10.2 Å². The van der Waals surface area contributed by atoms with Gasteiger partial charge < -0.3 is 10.2 Å². The predicted molar refractivity (Wildman–Crippen MR) is 112 cm³/mol. The molecule has 0 atom stereocenters. The van der Waals surface area contributed by atoms with E-state index in [4.69, 9.17) is 0 Å². The number of hydrogen-bond acceptors (Lipinski definition) is 2. The second-order valence-corrected chi connectivity index (χ2v) is 7.79. The van der Waals surface area contributed by atoms with Gasteiger partial charge in [0.2, 0.25) is 5.91 Å². The molecule has 0 aromatic heterocycles. The van der Waals surface area contributed by atoms with Gasteiger partial charge in [0, 0.05) is 25.2 Å². The van der Waals surface area contributed by atoms with Crippen LogP contribution < -0.4 is 5.32 Å². The molecule has 4 heteroatoms. The van der Waals surface area contributed by atoms with Crippen molar-refractivity contribution in [1.29, 1.82) is 0 Å². The summed E-state index contributed by atoms with van der Waals surface area (Å²) in [5.41, 5.74) is 4.07. The molecule has 2 aromatic rings. The first-order valence-electron chi connectivity index (χ1n) is 10.3. The monoisotopic (exact) mass is 378 g/mol. The first-order chi connectivity index (χ1) is 13.5.